The molecule has 5 nitrogen and oxygen atoms in total. The lowest BCUT2D eigenvalue weighted by Gasteiger charge is -2.62. The van der Waals surface area contributed by atoms with Gasteiger partial charge < -0.3 is 5.73 Å². The molecule has 1 aliphatic carbocycles. The Morgan fingerprint density at radius 2 is 1.50 bits per heavy atom. The van der Waals surface area contributed by atoms with E-state index in [0.717, 1.165) is 0 Å². The van der Waals surface area contributed by atoms with Gasteiger partial charge in [-0.25, -0.2) is 5.14 Å². The second-order valence-electron chi connectivity index (χ2n) is 5.22. The number of rotatable bonds is 2. The first-order valence-corrected chi connectivity index (χ1v) is 6.10. The zero-order valence-corrected chi connectivity index (χ0v) is 9.85. The van der Waals surface area contributed by atoms with Crippen molar-refractivity contribution in [3.05, 3.63) is 0 Å². The van der Waals surface area contributed by atoms with Gasteiger partial charge in [-0.2, -0.15) is 13.1 Å². The van der Waals surface area contributed by atoms with Crippen LogP contribution in [0.5, 0.6) is 0 Å². The molecule has 1 saturated carbocycles. The molecule has 0 atom stereocenters. The predicted octanol–water partition coefficient (Wildman–Crippen LogP) is -0.459. The molecule has 0 aromatic carbocycles. The molecule has 0 heterocycles. The monoisotopic (exact) mass is 221 g/mol. The standard InChI is InChI=1S/C8H19N3O2S/c1-7(2)5(9)8(3,4)6(7)11-14(10,12)13/h5-6,11H,9H2,1-4H3,(H2,10,12,13). The Balaban J connectivity index is 2.90. The van der Waals surface area contributed by atoms with Crippen molar-refractivity contribution in [2.75, 3.05) is 0 Å². The first-order valence-electron chi connectivity index (χ1n) is 4.55. The van der Waals surface area contributed by atoms with Gasteiger partial charge in [-0.05, 0) is 10.8 Å². The van der Waals surface area contributed by atoms with Crippen molar-refractivity contribution < 1.29 is 8.42 Å². The summed E-state index contributed by atoms with van der Waals surface area (Å²) in [5.41, 5.74) is 5.46. The van der Waals surface area contributed by atoms with Gasteiger partial charge in [-0.15, -0.1) is 0 Å². The highest BCUT2D eigenvalue weighted by atomic mass is 32.2. The van der Waals surface area contributed by atoms with Crippen LogP contribution in [0.3, 0.4) is 0 Å². The van der Waals surface area contributed by atoms with Gasteiger partial charge in [0.2, 0.25) is 0 Å². The molecule has 0 amide bonds. The molecule has 0 aromatic heterocycles. The van der Waals surface area contributed by atoms with Crippen LogP contribution < -0.4 is 15.6 Å². The van der Waals surface area contributed by atoms with E-state index in [1.54, 1.807) is 0 Å². The zero-order chi connectivity index (χ0) is 11.4. The summed E-state index contributed by atoms with van der Waals surface area (Å²) in [6, 6.07) is -0.241. The number of nitrogens with two attached hydrogens (primary N) is 2. The van der Waals surface area contributed by atoms with Gasteiger partial charge in [0.25, 0.3) is 10.2 Å². The van der Waals surface area contributed by atoms with Crippen molar-refractivity contribution in [2.45, 2.75) is 39.8 Å². The van der Waals surface area contributed by atoms with Gasteiger partial charge in [-0.1, -0.05) is 27.7 Å². The molecule has 1 aliphatic rings. The highest BCUT2D eigenvalue weighted by Gasteiger charge is 2.60. The summed E-state index contributed by atoms with van der Waals surface area (Å²) in [6.07, 6.45) is 0. The fourth-order valence-electron chi connectivity index (χ4n) is 2.65. The largest absolute Gasteiger partial charge is 0.327 e. The van der Waals surface area contributed by atoms with E-state index in [-0.39, 0.29) is 22.9 Å². The Hall–Kier alpha value is -0.170. The Morgan fingerprint density at radius 3 is 1.79 bits per heavy atom. The summed E-state index contributed by atoms with van der Waals surface area (Å²) in [5.74, 6) is 0. The summed E-state index contributed by atoms with van der Waals surface area (Å²) < 4.78 is 24.3. The second kappa shape index (κ2) is 2.91. The van der Waals surface area contributed by atoms with E-state index < -0.39 is 10.2 Å². The lowest BCUT2D eigenvalue weighted by molar-refractivity contribution is -0.0593. The highest BCUT2D eigenvalue weighted by molar-refractivity contribution is 7.87. The van der Waals surface area contributed by atoms with Gasteiger partial charge >= 0.3 is 0 Å². The normalized spacial score (nSPS) is 35.0. The summed E-state index contributed by atoms with van der Waals surface area (Å²) in [5, 5.41) is 4.95. The third kappa shape index (κ3) is 1.67. The number of hydrogen-bond acceptors (Lipinski definition) is 3. The number of nitrogens with one attached hydrogen (secondary N) is 1. The molecule has 0 radical (unpaired) electrons. The van der Waals surface area contributed by atoms with Crippen LogP contribution in [0.2, 0.25) is 0 Å². The van der Waals surface area contributed by atoms with Crippen molar-refractivity contribution in [3.8, 4) is 0 Å². The molecule has 0 spiro atoms. The molecule has 1 fully saturated rings. The van der Waals surface area contributed by atoms with Gasteiger partial charge in [0.05, 0.1) is 0 Å². The topological polar surface area (TPSA) is 98.2 Å². The van der Waals surface area contributed by atoms with Gasteiger partial charge in [0.15, 0.2) is 0 Å². The van der Waals surface area contributed by atoms with Crippen molar-refractivity contribution in [2.24, 2.45) is 21.7 Å². The maximum Gasteiger partial charge on any atom is 0.274 e. The Kier molecular flexibility index (Phi) is 2.48. The molecular formula is C8H19N3O2S. The Morgan fingerprint density at radius 1 is 1.14 bits per heavy atom. The van der Waals surface area contributed by atoms with E-state index in [9.17, 15) is 8.42 Å². The fraction of sp³-hybridized carbons (Fsp3) is 1.00. The Labute approximate surface area is 85.4 Å². The average molecular weight is 221 g/mol. The summed E-state index contributed by atoms with van der Waals surface area (Å²) in [6.45, 7) is 7.75. The molecule has 84 valence electrons. The first-order chi connectivity index (χ1) is 5.99. The minimum atomic E-state index is -3.66. The summed E-state index contributed by atoms with van der Waals surface area (Å²) in [7, 11) is -3.66. The molecule has 14 heavy (non-hydrogen) atoms. The summed E-state index contributed by atoms with van der Waals surface area (Å²) >= 11 is 0. The van der Waals surface area contributed by atoms with Crippen molar-refractivity contribution >= 4 is 10.2 Å². The quantitative estimate of drug-likeness (QED) is 0.588. The Bertz CT molecular complexity index is 318. The van der Waals surface area contributed by atoms with Crippen LogP contribution in [0, 0.1) is 10.8 Å². The SMILES string of the molecule is CC1(C)C(N)C(C)(C)C1NS(N)(=O)=O. The third-order valence-corrected chi connectivity index (χ3v) is 3.94. The van der Waals surface area contributed by atoms with Crippen LogP contribution in [0.1, 0.15) is 27.7 Å². The van der Waals surface area contributed by atoms with Crippen LogP contribution >= 0.6 is 0 Å². The van der Waals surface area contributed by atoms with Crippen molar-refractivity contribution in [3.63, 3.8) is 0 Å². The van der Waals surface area contributed by atoms with Gasteiger partial charge in [0.1, 0.15) is 0 Å². The van der Waals surface area contributed by atoms with E-state index in [4.69, 9.17) is 10.9 Å². The minimum absolute atomic E-state index is 0.0331. The highest BCUT2D eigenvalue weighted by Crippen LogP contribution is 2.52. The zero-order valence-electron chi connectivity index (χ0n) is 9.03. The van der Waals surface area contributed by atoms with E-state index in [2.05, 4.69) is 4.72 Å². The van der Waals surface area contributed by atoms with Crippen LogP contribution in [0.15, 0.2) is 0 Å². The van der Waals surface area contributed by atoms with E-state index in [0.29, 0.717) is 0 Å². The van der Waals surface area contributed by atoms with Crippen LogP contribution in [-0.2, 0) is 10.2 Å². The summed E-state index contributed by atoms with van der Waals surface area (Å²) in [4.78, 5) is 0. The van der Waals surface area contributed by atoms with Crippen LogP contribution in [-0.4, -0.2) is 20.5 Å². The molecule has 6 heteroatoms. The molecule has 0 aliphatic heterocycles. The van der Waals surface area contributed by atoms with Crippen LogP contribution in [0.4, 0.5) is 0 Å². The molecule has 5 N–H and O–H groups in total. The minimum Gasteiger partial charge on any atom is -0.327 e. The lowest BCUT2D eigenvalue weighted by Crippen LogP contribution is -2.76. The molecular weight excluding hydrogens is 202 g/mol. The fourth-order valence-corrected chi connectivity index (χ4v) is 3.58. The molecule has 0 unspecified atom stereocenters. The molecule has 0 saturated heterocycles. The number of hydrogen-bond donors (Lipinski definition) is 3. The second-order valence-corrected chi connectivity index (χ2v) is 6.54. The lowest BCUT2D eigenvalue weighted by atomic mass is 9.49. The van der Waals surface area contributed by atoms with Crippen LogP contribution in [0.25, 0.3) is 0 Å². The maximum absolute atomic E-state index is 10.9. The first kappa shape index (κ1) is 11.9. The van der Waals surface area contributed by atoms with E-state index >= 15 is 0 Å². The van der Waals surface area contributed by atoms with Crippen molar-refractivity contribution in [1.29, 1.82) is 0 Å². The predicted molar refractivity (Wildman–Crippen MR) is 55.6 cm³/mol. The third-order valence-electron chi connectivity index (χ3n) is 3.37. The molecule has 1 rings (SSSR count). The maximum atomic E-state index is 10.9. The van der Waals surface area contributed by atoms with Gasteiger partial charge in [0, 0.05) is 12.1 Å². The smallest absolute Gasteiger partial charge is 0.274 e. The van der Waals surface area contributed by atoms with Gasteiger partial charge in [-0.3, -0.25) is 0 Å². The molecule has 0 bridgehead atoms. The van der Waals surface area contributed by atoms with E-state index in [1.807, 2.05) is 27.7 Å². The van der Waals surface area contributed by atoms with E-state index in [1.165, 1.54) is 0 Å². The molecule has 0 aromatic rings. The average Bonchev–Trinajstić information content (AvgIpc) is 1.97. The van der Waals surface area contributed by atoms with Crippen molar-refractivity contribution in [1.82, 2.24) is 4.72 Å².